The normalized spacial score (nSPS) is 12.3. The van der Waals surface area contributed by atoms with Crippen LogP contribution in [0.1, 0.15) is 43.1 Å². The summed E-state index contributed by atoms with van der Waals surface area (Å²) in [4.78, 5) is 25.1. The molecule has 0 bridgehead atoms. The van der Waals surface area contributed by atoms with Gasteiger partial charge in [0.15, 0.2) is 0 Å². The number of benzene rings is 1. The number of nitrogens with zero attached hydrogens (tertiary/aromatic N) is 1. The zero-order valence-corrected chi connectivity index (χ0v) is 13.3. The molecule has 0 spiro atoms. The summed E-state index contributed by atoms with van der Waals surface area (Å²) in [5.41, 5.74) is 2.30. The Morgan fingerprint density at radius 1 is 1.30 bits per heavy atom. The topological polar surface area (TPSA) is 79.2 Å². The van der Waals surface area contributed by atoms with Crippen molar-refractivity contribution in [3.05, 3.63) is 51.4 Å². The van der Waals surface area contributed by atoms with Crippen LogP contribution >= 0.6 is 11.3 Å². The first-order chi connectivity index (χ1) is 11.1. The Morgan fingerprint density at radius 2 is 2.09 bits per heavy atom. The molecule has 0 radical (unpaired) electrons. The summed E-state index contributed by atoms with van der Waals surface area (Å²) >= 11 is 1.47. The van der Waals surface area contributed by atoms with Gasteiger partial charge in [-0.3, -0.25) is 4.79 Å². The number of nitrogens with one attached hydrogen (secondary N) is 1. The minimum Gasteiger partial charge on any atom is -0.465 e. The minimum absolute atomic E-state index is 0.314. The standard InChI is InChI=1S/C17H14N2O3S/c1-22-17(21)11-5-2-4-10(8-11)15(20)19-16-13(9-18)12-6-3-7-14(12)23-16/h2,4-5,8H,3,6-7H2,1H3,(H,19,20). The third-order valence-electron chi connectivity index (χ3n) is 3.81. The summed E-state index contributed by atoms with van der Waals surface area (Å²) < 4.78 is 4.66. The summed E-state index contributed by atoms with van der Waals surface area (Å²) in [7, 11) is 1.29. The van der Waals surface area contributed by atoms with Crippen molar-refractivity contribution in [2.75, 3.05) is 12.4 Å². The summed E-state index contributed by atoms with van der Waals surface area (Å²) in [6, 6.07) is 8.51. The molecule has 0 atom stereocenters. The minimum atomic E-state index is -0.493. The molecule has 0 saturated heterocycles. The molecule has 0 aliphatic heterocycles. The van der Waals surface area contributed by atoms with Crippen molar-refractivity contribution < 1.29 is 14.3 Å². The second-order valence-corrected chi connectivity index (χ2v) is 6.30. The molecular formula is C17H14N2O3S. The Morgan fingerprint density at radius 3 is 2.83 bits per heavy atom. The van der Waals surface area contributed by atoms with Crippen molar-refractivity contribution in [1.82, 2.24) is 0 Å². The fourth-order valence-corrected chi connectivity index (χ4v) is 3.93. The Hall–Kier alpha value is -2.65. The second kappa shape index (κ2) is 6.23. The summed E-state index contributed by atoms with van der Waals surface area (Å²) in [5, 5.41) is 12.7. The van der Waals surface area contributed by atoms with Gasteiger partial charge in [-0.25, -0.2) is 4.79 Å². The van der Waals surface area contributed by atoms with E-state index < -0.39 is 5.97 Å². The molecule has 3 rings (SSSR count). The van der Waals surface area contributed by atoms with Gasteiger partial charge in [-0.05, 0) is 43.0 Å². The van der Waals surface area contributed by atoms with E-state index in [2.05, 4.69) is 16.1 Å². The molecule has 0 unspecified atom stereocenters. The van der Waals surface area contributed by atoms with Gasteiger partial charge in [0, 0.05) is 10.4 Å². The highest BCUT2D eigenvalue weighted by molar-refractivity contribution is 7.16. The van der Waals surface area contributed by atoms with Crippen LogP contribution < -0.4 is 5.32 Å². The van der Waals surface area contributed by atoms with Gasteiger partial charge >= 0.3 is 5.97 Å². The average molecular weight is 326 g/mol. The van der Waals surface area contributed by atoms with Gasteiger partial charge < -0.3 is 10.1 Å². The molecule has 0 saturated carbocycles. The summed E-state index contributed by atoms with van der Waals surface area (Å²) in [6.07, 6.45) is 2.91. The Bertz CT molecular complexity index is 833. The van der Waals surface area contributed by atoms with E-state index in [9.17, 15) is 14.9 Å². The van der Waals surface area contributed by atoms with Gasteiger partial charge in [0.05, 0.1) is 18.2 Å². The number of rotatable bonds is 3. The first-order valence-electron chi connectivity index (χ1n) is 7.18. The molecule has 2 aromatic rings. The smallest absolute Gasteiger partial charge is 0.337 e. The lowest BCUT2D eigenvalue weighted by Crippen LogP contribution is -2.13. The first-order valence-corrected chi connectivity index (χ1v) is 8.00. The van der Waals surface area contributed by atoms with Crippen LogP contribution in [0.5, 0.6) is 0 Å². The highest BCUT2D eigenvalue weighted by atomic mass is 32.1. The molecule has 0 fully saturated rings. The van der Waals surface area contributed by atoms with Gasteiger partial charge in [-0.15, -0.1) is 11.3 Å². The van der Waals surface area contributed by atoms with E-state index in [-0.39, 0.29) is 5.91 Å². The Balaban J connectivity index is 1.86. The Labute approximate surface area is 137 Å². The maximum absolute atomic E-state index is 12.4. The number of methoxy groups -OCH3 is 1. The number of esters is 1. The number of thiophene rings is 1. The molecule has 1 heterocycles. The number of carbonyl (C=O) groups is 2. The van der Waals surface area contributed by atoms with E-state index in [1.54, 1.807) is 18.2 Å². The average Bonchev–Trinajstić information content (AvgIpc) is 3.14. The van der Waals surface area contributed by atoms with Crippen LogP contribution in [0.4, 0.5) is 5.00 Å². The number of amides is 1. The van der Waals surface area contributed by atoms with Crippen LogP contribution in [-0.2, 0) is 17.6 Å². The van der Waals surface area contributed by atoms with E-state index in [1.165, 1.54) is 29.4 Å². The summed E-state index contributed by atoms with van der Waals surface area (Å²) in [5.74, 6) is -0.834. The quantitative estimate of drug-likeness (QED) is 0.879. The molecule has 116 valence electrons. The van der Waals surface area contributed by atoms with Gasteiger partial charge in [0.25, 0.3) is 5.91 Å². The van der Waals surface area contributed by atoms with E-state index in [0.717, 1.165) is 24.8 Å². The molecule has 1 aliphatic rings. The van der Waals surface area contributed by atoms with E-state index >= 15 is 0 Å². The van der Waals surface area contributed by atoms with Crippen molar-refractivity contribution in [2.45, 2.75) is 19.3 Å². The molecular weight excluding hydrogens is 312 g/mol. The molecule has 1 aromatic heterocycles. The lowest BCUT2D eigenvalue weighted by Gasteiger charge is -2.06. The number of carbonyl (C=O) groups excluding carboxylic acids is 2. The molecule has 1 N–H and O–H groups in total. The van der Waals surface area contributed by atoms with Gasteiger partial charge in [-0.1, -0.05) is 6.07 Å². The van der Waals surface area contributed by atoms with E-state index in [4.69, 9.17) is 0 Å². The number of ether oxygens (including phenoxy) is 1. The predicted molar refractivity (Wildman–Crippen MR) is 86.8 cm³/mol. The van der Waals surface area contributed by atoms with Crippen LogP contribution in [0.2, 0.25) is 0 Å². The first kappa shape index (κ1) is 15.3. The number of aryl methyl sites for hydroxylation is 1. The van der Waals surface area contributed by atoms with E-state index in [0.29, 0.717) is 21.7 Å². The van der Waals surface area contributed by atoms with Gasteiger partial charge in [-0.2, -0.15) is 5.26 Å². The monoisotopic (exact) mass is 326 g/mol. The van der Waals surface area contributed by atoms with Gasteiger partial charge in [0.2, 0.25) is 0 Å². The number of fused-ring (bicyclic) bond motifs is 1. The SMILES string of the molecule is COC(=O)c1cccc(C(=O)Nc2sc3c(c2C#N)CCC3)c1. The van der Waals surface area contributed by atoms with Crippen molar-refractivity contribution in [3.63, 3.8) is 0 Å². The van der Waals surface area contributed by atoms with Crippen molar-refractivity contribution in [1.29, 1.82) is 5.26 Å². The third kappa shape index (κ3) is 2.83. The lowest BCUT2D eigenvalue weighted by molar-refractivity contribution is 0.0600. The zero-order chi connectivity index (χ0) is 16.4. The van der Waals surface area contributed by atoms with Crippen LogP contribution in [0, 0.1) is 11.3 Å². The second-order valence-electron chi connectivity index (χ2n) is 5.20. The van der Waals surface area contributed by atoms with Crippen LogP contribution in [-0.4, -0.2) is 19.0 Å². The third-order valence-corrected chi connectivity index (χ3v) is 5.01. The number of hydrogen-bond acceptors (Lipinski definition) is 5. The molecule has 1 aliphatic carbocycles. The number of nitriles is 1. The molecule has 5 nitrogen and oxygen atoms in total. The van der Waals surface area contributed by atoms with Crippen molar-refractivity contribution >= 4 is 28.2 Å². The summed E-state index contributed by atoms with van der Waals surface area (Å²) in [6.45, 7) is 0. The highest BCUT2D eigenvalue weighted by Crippen LogP contribution is 2.38. The lowest BCUT2D eigenvalue weighted by atomic mass is 10.1. The number of anilines is 1. The molecule has 6 heteroatoms. The highest BCUT2D eigenvalue weighted by Gasteiger charge is 2.23. The van der Waals surface area contributed by atoms with Crippen molar-refractivity contribution in [2.24, 2.45) is 0 Å². The molecule has 23 heavy (non-hydrogen) atoms. The van der Waals surface area contributed by atoms with E-state index in [1.807, 2.05) is 0 Å². The van der Waals surface area contributed by atoms with Crippen LogP contribution in [0.25, 0.3) is 0 Å². The largest absolute Gasteiger partial charge is 0.465 e. The fraction of sp³-hybridized carbons (Fsp3) is 0.235. The molecule has 1 aromatic carbocycles. The van der Waals surface area contributed by atoms with Crippen LogP contribution in [0.15, 0.2) is 24.3 Å². The fourth-order valence-electron chi connectivity index (χ4n) is 2.69. The van der Waals surface area contributed by atoms with Crippen LogP contribution in [0.3, 0.4) is 0 Å². The Kier molecular flexibility index (Phi) is 4.13. The molecule has 1 amide bonds. The zero-order valence-electron chi connectivity index (χ0n) is 12.5. The number of hydrogen-bond donors (Lipinski definition) is 1. The maximum atomic E-state index is 12.4. The maximum Gasteiger partial charge on any atom is 0.337 e. The van der Waals surface area contributed by atoms with Gasteiger partial charge in [0.1, 0.15) is 11.1 Å². The van der Waals surface area contributed by atoms with Crippen molar-refractivity contribution in [3.8, 4) is 6.07 Å². The predicted octanol–water partition coefficient (Wildman–Crippen LogP) is 3.15.